The third kappa shape index (κ3) is 3.26. The van der Waals surface area contributed by atoms with E-state index in [1.54, 1.807) is 19.1 Å². The van der Waals surface area contributed by atoms with Crippen molar-refractivity contribution in [1.29, 1.82) is 0 Å². The lowest BCUT2D eigenvalue weighted by atomic mass is 10.0. The largest absolute Gasteiger partial charge is 0.275 e. The van der Waals surface area contributed by atoms with Crippen LogP contribution in [0.4, 0.5) is 8.78 Å². The highest BCUT2D eigenvalue weighted by molar-refractivity contribution is 5.33. The Kier molecular flexibility index (Phi) is 3.69. The molecule has 2 nitrogen and oxygen atoms in total. The smallest absolute Gasteiger partial charge is 0.211 e. The van der Waals surface area contributed by atoms with Gasteiger partial charge in [-0.05, 0) is 6.92 Å². The molecule has 4 heteroatoms. The number of benzene rings is 1. The topological polar surface area (TPSA) is 29.4 Å². The summed E-state index contributed by atoms with van der Waals surface area (Å²) in [5.41, 5.74) is 0.745. The van der Waals surface area contributed by atoms with E-state index in [1.165, 1.54) is 18.2 Å². The Balaban J connectivity index is 2.80. The van der Waals surface area contributed by atoms with Gasteiger partial charge >= 0.3 is 0 Å². The molecular formula is C11H11F2NO. The molecule has 15 heavy (non-hydrogen) atoms. The van der Waals surface area contributed by atoms with Gasteiger partial charge in [0, 0.05) is 12.0 Å². The van der Waals surface area contributed by atoms with Crippen molar-refractivity contribution in [3.05, 3.63) is 35.4 Å². The Bertz CT molecular complexity index is 384. The van der Waals surface area contributed by atoms with Gasteiger partial charge in [-0.15, -0.1) is 0 Å². The van der Waals surface area contributed by atoms with Crippen molar-refractivity contribution in [2.75, 3.05) is 6.54 Å². The second-order valence-electron chi connectivity index (χ2n) is 3.30. The second kappa shape index (κ2) is 4.80. The minimum atomic E-state index is -2.94. The molecule has 0 aliphatic rings. The van der Waals surface area contributed by atoms with E-state index < -0.39 is 12.3 Å². The fourth-order valence-corrected chi connectivity index (χ4v) is 1.26. The lowest BCUT2D eigenvalue weighted by Gasteiger charge is -2.15. The molecule has 0 aromatic heterocycles. The number of halogens is 2. The van der Waals surface area contributed by atoms with Gasteiger partial charge in [0.2, 0.25) is 6.08 Å². The van der Waals surface area contributed by atoms with Crippen LogP contribution in [0.3, 0.4) is 0 Å². The summed E-state index contributed by atoms with van der Waals surface area (Å²) >= 11 is 0. The van der Waals surface area contributed by atoms with Gasteiger partial charge in [-0.1, -0.05) is 29.8 Å². The van der Waals surface area contributed by atoms with E-state index in [0.29, 0.717) is 0 Å². The summed E-state index contributed by atoms with van der Waals surface area (Å²) in [6, 6.07) is 6.15. The van der Waals surface area contributed by atoms with Crippen LogP contribution in [0.5, 0.6) is 0 Å². The highest BCUT2D eigenvalue weighted by Gasteiger charge is 2.30. The second-order valence-corrected chi connectivity index (χ2v) is 3.30. The van der Waals surface area contributed by atoms with Gasteiger partial charge in [0.25, 0.3) is 5.92 Å². The van der Waals surface area contributed by atoms with Crippen molar-refractivity contribution in [1.82, 2.24) is 0 Å². The lowest BCUT2D eigenvalue weighted by molar-refractivity contribution is -0.0106. The monoisotopic (exact) mass is 211 g/mol. The van der Waals surface area contributed by atoms with Gasteiger partial charge in [-0.2, -0.15) is 0 Å². The van der Waals surface area contributed by atoms with Crippen molar-refractivity contribution >= 4 is 6.08 Å². The number of aryl methyl sites for hydroxylation is 1. The first-order chi connectivity index (χ1) is 7.06. The van der Waals surface area contributed by atoms with Crippen LogP contribution in [0, 0.1) is 6.92 Å². The molecule has 0 fully saturated rings. The predicted octanol–water partition coefficient (Wildman–Crippen LogP) is 2.81. The first kappa shape index (κ1) is 11.5. The molecule has 0 aliphatic carbocycles. The third-order valence-electron chi connectivity index (χ3n) is 2.04. The minimum Gasteiger partial charge on any atom is -0.211 e. The van der Waals surface area contributed by atoms with E-state index in [4.69, 9.17) is 0 Å². The van der Waals surface area contributed by atoms with E-state index in [1.807, 2.05) is 0 Å². The van der Waals surface area contributed by atoms with Crippen LogP contribution >= 0.6 is 0 Å². The maximum Gasteiger partial charge on any atom is 0.275 e. The molecule has 0 atom stereocenters. The standard InChI is InChI=1S/C11H11F2NO/c1-9-3-2-4-10(7-9)11(12,13)5-6-14-8-15/h2-4,7H,5-6H2,1H3. The molecule has 0 saturated carbocycles. The molecule has 0 amide bonds. The molecule has 1 rings (SSSR count). The number of hydrogen-bond acceptors (Lipinski definition) is 2. The van der Waals surface area contributed by atoms with Crippen LogP contribution in [0.2, 0.25) is 0 Å². The number of carbonyl (C=O) groups excluding carboxylic acids is 1. The molecule has 0 saturated heterocycles. The quantitative estimate of drug-likeness (QED) is 0.556. The van der Waals surface area contributed by atoms with Crippen molar-refractivity contribution in [2.24, 2.45) is 4.99 Å². The number of alkyl halides is 2. The maximum atomic E-state index is 13.5. The highest BCUT2D eigenvalue weighted by atomic mass is 19.3. The Morgan fingerprint density at radius 1 is 1.47 bits per heavy atom. The normalized spacial score (nSPS) is 10.9. The summed E-state index contributed by atoms with van der Waals surface area (Å²) in [5.74, 6) is -2.94. The molecule has 0 unspecified atom stereocenters. The van der Waals surface area contributed by atoms with Gasteiger partial charge in [-0.25, -0.2) is 18.6 Å². The molecule has 0 aliphatic heterocycles. The molecule has 0 spiro atoms. The Labute approximate surface area is 86.6 Å². The van der Waals surface area contributed by atoms with Crippen molar-refractivity contribution in [2.45, 2.75) is 19.3 Å². The van der Waals surface area contributed by atoms with Gasteiger partial charge in [0.15, 0.2) is 0 Å². The number of nitrogens with zero attached hydrogens (tertiary/aromatic N) is 1. The molecule has 1 aromatic carbocycles. The van der Waals surface area contributed by atoms with E-state index >= 15 is 0 Å². The molecule has 1 aromatic rings. The van der Waals surface area contributed by atoms with Crippen molar-refractivity contribution < 1.29 is 13.6 Å². The number of aliphatic imine (C=N–C) groups is 1. The predicted molar refractivity (Wildman–Crippen MR) is 52.7 cm³/mol. The molecule has 0 radical (unpaired) electrons. The highest BCUT2D eigenvalue weighted by Crippen LogP contribution is 2.31. The average molecular weight is 211 g/mol. The van der Waals surface area contributed by atoms with Crippen molar-refractivity contribution in [3.63, 3.8) is 0 Å². The minimum absolute atomic E-state index is 0.0383. The number of rotatable bonds is 4. The fraction of sp³-hybridized carbons (Fsp3) is 0.364. The Morgan fingerprint density at radius 2 is 2.20 bits per heavy atom. The SMILES string of the molecule is Cc1cccc(C(F)(F)CCN=C=O)c1. The van der Waals surface area contributed by atoms with Crippen molar-refractivity contribution in [3.8, 4) is 0 Å². The van der Waals surface area contributed by atoms with E-state index in [2.05, 4.69) is 4.99 Å². The average Bonchev–Trinajstić information content (AvgIpc) is 2.18. The van der Waals surface area contributed by atoms with Crippen LogP contribution < -0.4 is 0 Å². The van der Waals surface area contributed by atoms with Gasteiger partial charge < -0.3 is 0 Å². The number of hydrogen-bond donors (Lipinski definition) is 0. The van der Waals surface area contributed by atoms with Gasteiger partial charge in [0.05, 0.1) is 6.54 Å². The summed E-state index contributed by atoms with van der Waals surface area (Å²) < 4.78 is 26.9. The number of isocyanates is 1. The Hall–Kier alpha value is -1.54. The van der Waals surface area contributed by atoms with Gasteiger partial charge in [0.1, 0.15) is 0 Å². The van der Waals surface area contributed by atoms with Crippen LogP contribution in [-0.4, -0.2) is 12.6 Å². The molecular weight excluding hydrogens is 200 g/mol. The zero-order chi connectivity index (χ0) is 11.3. The van der Waals surface area contributed by atoms with E-state index in [9.17, 15) is 13.6 Å². The zero-order valence-electron chi connectivity index (χ0n) is 8.34. The molecule has 0 bridgehead atoms. The Morgan fingerprint density at radius 3 is 2.80 bits per heavy atom. The van der Waals surface area contributed by atoms with Crippen LogP contribution in [0.1, 0.15) is 17.5 Å². The summed E-state index contributed by atoms with van der Waals surface area (Å²) in [7, 11) is 0. The summed E-state index contributed by atoms with van der Waals surface area (Å²) in [6.07, 6.45) is 0.778. The molecule has 0 N–H and O–H groups in total. The maximum absolute atomic E-state index is 13.5. The molecule has 80 valence electrons. The molecule has 0 heterocycles. The van der Waals surface area contributed by atoms with Crippen LogP contribution in [0.15, 0.2) is 29.3 Å². The van der Waals surface area contributed by atoms with Crippen LogP contribution in [-0.2, 0) is 10.7 Å². The van der Waals surface area contributed by atoms with E-state index in [-0.39, 0.29) is 12.1 Å². The summed E-state index contributed by atoms with van der Waals surface area (Å²) in [5, 5.41) is 0. The van der Waals surface area contributed by atoms with E-state index in [0.717, 1.165) is 5.56 Å². The zero-order valence-corrected chi connectivity index (χ0v) is 8.34. The van der Waals surface area contributed by atoms with Crippen LogP contribution in [0.25, 0.3) is 0 Å². The van der Waals surface area contributed by atoms with Gasteiger partial charge in [-0.3, -0.25) is 0 Å². The first-order valence-corrected chi connectivity index (χ1v) is 4.55. The summed E-state index contributed by atoms with van der Waals surface area (Å²) in [4.78, 5) is 12.9. The first-order valence-electron chi connectivity index (χ1n) is 4.55. The third-order valence-corrected chi connectivity index (χ3v) is 2.04. The lowest BCUT2D eigenvalue weighted by Crippen LogP contribution is -2.14. The summed E-state index contributed by atoms with van der Waals surface area (Å²) in [6.45, 7) is 1.55. The fourth-order valence-electron chi connectivity index (χ4n) is 1.26.